The van der Waals surface area contributed by atoms with Crippen LogP contribution >= 0.6 is 11.6 Å². The standard InChI is InChI=1S/C19H15ClN4O/c1-12-18-19(25-24-12)17(22-11-13-3-2-8-21-10-13)9-16(23-18)14-4-6-15(20)7-5-14/h2-10H,11H2,1H3,(H,22,23). The molecule has 25 heavy (non-hydrogen) atoms. The van der Waals surface area contributed by atoms with Gasteiger partial charge in [0.15, 0.2) is 0 Å². The van der Waals surface area contributed by atoms with Gasteiger partial charge in [-0.15, -0.1) is 0 Å². The van der Waals surface area contributed by atoms with E-state index in [-0.39, 0.29) is 0 Å². The van der Waals surface area contributed by atoms with E-state index in [1.54, 1.807) is 6.20 Å². The van der Waals surface area contributed by atoms with Crippen molar-refractivity contribution in [1.82, 2.24) is 15.1 Å². The quantitative estimate of drug-likeness (QED) is 0.569. The topological polar surface area (TPSA) is 63.8 Å². The van der Waals surface area contributed by atoms with Crippen molar-refractivity contribution in [1.29, 1.82) is 0 Å². The lowest BCUT2D eigenvalue weighted by Crippen LogP contribution is -2.01. The molecule has 3 aromatic heterocycles. The van der Waals surface area contributed by atoms with Gasteiger partial charge in [-0.3, -0.25) is 4.98 Å². The van der Waals surface area contributed by atoms with Gasteiger partial charge in [0.2, 0.25) is 5.58 Å². The van der Waals surface area contributed by atoms with Gasteiger partial charge < -0.3 is 9.84 Å². The zero-order valence-electron chi connectivity index (χ0n) is 13.5. The molecule has 0 amide bonds. The lowest BCUT2D eigenvalue weighted by Gasteiger charge is -2.09. The summed E-state index contributed by atoms with van der Waals surface area (Å²) in [7, 11) is 0. The maximum Gasteiger partial charge on any atom is 0.208 e. The van der Waals surface area contributed by atoms with Crippen molar-refractivity contribution in [2.75, 3.05) is 5.32 Å². The highest BCUT2D eigenvalue weighted by Gasteiger charge is 2.14. The molecule has 0 atom stereocenters. The molecule has 0 aliphatic heterocycles. The van der Waals surface area contributed by atoms with Crippen LogP contribution in [0.1, 0.15) is 11.3 Å². The highest BCUT2D eigenvalue weighted by Crippen LogP contribution is 2.30. The van der Waals surface area contributed by atoms with E-state index in [4.69, 9.17) is 21.1 Å². The molecule has 0 spiro atoms. The molecule has 0 aliphatic carbocycles. The van der Waals surface area contributed by atoms with E-state index < -0.39 is 0 Å². The van der Waals surface area contributed by atoms with E-state index in [2.05, 4.69) is 15.5 Å². The number of pyridine rings is 2. The zero-order chi connectivity index (χ0) is 17.2. The zero-order valence-corrected chi connectivity index (χ0v) is 14.3. The Hall–Kier alpha value is -2.92. The maximum atomic E-state index is 5.99. The van der Waals surface area contributed by atoms with Gasteiger partial charge in [0.1, 0.15) is 11.2 Å². The van der Waals surface area contributed by atoms with Crippen molar-refractivity contribution in [2.45, 2.75) is 13.5 Å². The number of hydrogen-bond acceptors (Lipinski definition) is 5. The first-order valence-electron chi connectivity index (χ1n) is 7.86. The van der Waals surface area contributed by atoms with Crippen LogP contribution in [0.3, 0.4) is 0 Å². The van der Waals surface area contributed by atoms with Crippen LogP contribution in [-0.2, 0) is 6.54 Å². The number of aromatic nitrogens is 3. The van der Waals surface area contributed by atoms with Gasteiger partial charge in [-0.05, 0) is 36.8 Å². The van der Waals surface area contributed by atoms with Crippen molar-refractivity contribution in [3.8, 4) is 11.3 Å². The predicted octanol–water partition coefficient (Wildman–Crippen LogP) is 4.86. The summed E-state index contributed by atoms with van der Waals surface area (Å²) < 4.78 is 5.47. The molecular formula is C19H15ClN4O. The number of rotatable bonds is 4. The van der Waals surface area contributed by atoms with Crippen LogP contribution in [0.15, 0.2) is 59.4 Å². The Morgan fingerprint density at radius 1 is 1.16 bits per heavy atom. The van der Waals surface area contributed by atoms with E-state index >= 15 is 0 Å². The first kappa shape index (κ1) is 15.6. The Bertz CT molecular complexity index is 1010. The molecule has 0 bridgehead atoms. The average molecular weight is 351 g/mol. The third kappa shape index (κ3) is 3.19. The third-order valence-electron chi connectivity index (χ3n) is 3.94. The summed E-state index contributed by atoms with van der Waals surface area (Å²) >= 11 is 5.99. The highest BCUT2D eigenvalue weighted by molar-refractivity contribution is 6.30. The second-order valence-electron chi connectivity index (χ2n) is 5.72. The van der Waals surface area contributed by atoms with Crippen LogP contribution in [0, 0.1) is 6.92 Å². The highest BCUT2D eigenvalue weighted by atomic mass is 35.5. The Morgan fingerprint density at radius 3 is 2.76 bits per heavy atom. The van der Waals surface area contributed by atoms with Gasteiger partial charge in [-0.25, -0.2) is 4.98 Å². The van der Waals surface area contributed by atoms with Crippen LogP contribution in [0.2, 0.25) is 5.02 Å². The summed E-state index contributed by atoms with van der Waals surface area (Å²) in [5.41, 5.74) is 5.91. The van der Waals surface area contributed by atoms with Gasteiger partial charge in [-0.1, -0.05) is 35.0 Å². The number of nitrogens with one attached hydrogen (secondary N) is 1. The van der Waals surface area contributed by atoms with Crippen molar-refractivity contribution >= 4 is 28.4 Å². The summed E-state index contributed by atoms with van der Waals surface area (Å²) in [6.45, 7) is 2.52. The fraction of sp³-hybridized carbons (Fsp3) is 0.105. The first-order chi connectivity index (χ1) is 12.2. The maximum absolute atomic E-state index is 5.99. The molecule has 124 valence electrons. The van der Waals surface area contributed by atoms with Crippen LogP contribution in [0.5, 0.6) is 0 Å². The second-order valence-corrected chi connectivity index (χ2v) is 6.16. The summed E-state index contributed by atoms with van der Waals surface area (Å²) in [5.74, 6) is 0. The normalized spacial score (nSPS) is 11.0. The molecule has 5 nitrogen and oxygen atoms in total. The Morgan fingerprint density at radius 2 is 2.00 bits per heavy atom. The van der Waals surface area contributed by atoms with Crippen LogP contribution in [-0.4, -0.2) is 15.1 Å². The predicted molar refractivity (Wildman–Crippen MR) is 98.6 cm³/mol. The minimum Gasteiger partial charge on any atom is -0.378 e. The molecule has 4 rings (SSSR count). The lowest BCUT2D eigenvalue weighted by molar-refractivity contribution is 0.451. The fourth-order valence-corrected chi connectivity index (χ4v) is 2.75. The molecular weight excluding hydrogens is 336 g/mol. The van der Waals surface area contributed by atoms with Crippen LogP contribution in [0.4, 0.5) is 5.69 Å². The Balaban J connectivity index is 1.75. The number of aryl methyl sites for hydroxylation is 1. The van der Waals surface area contributed by atoms with Crippen molar-refractivity contribution in [3.63, 3.8) is 0 Å². The molecule has 0 aliphatic rings. The number of anilines is 1. The van der Waals surface area contributed by atoms with Crippen molar-refractivity contribution < 1.29 is 4.52 Å². The minimum absolute atomic E-state index is 0.632. The SMILES string of the molecule is Cc1noc2c(NCc3cccnc3)cc(-c3ccc(Cl)cc3)nc12. The molecule has 0 radical (unpaired) electrons. The van der Waals surface area contributed by atoms with Gasteiger partial charge in [-0.2, -0.15) is 0 Å². The number of halogens is 1. The van der Waals surface area contributed by atoms with E-state index in [1.807, 2.05) is 55.6 Å². The lowest BCUT2D eigenvalue weighted by atomic mass is 10.1. The summed E-state index contributed by atoms with van der Waals surface area (Å²) in [5, 5.41) is 8.14. The Kier molecular flexibility index (Phi) is 4.07. The summed E-state index contributed by atoms with van der Waals surface area (Å²) in [6.07, 6.45) is 3.59. The molecule has 0 saturated heterocycles. The second kappa shape index (κ2) is 6.53. The molecule has 1 N–H and O–H groups in total. The van der Waals surface area contributed by atoms with Crippen molar-refractivity contribution in [2.24, 2.45) is 0 Å². The van der Waals surface area contributed by atoms with Crippen LogP contribution in [0.25, 0.3) is 22.4 Å². The number of hydrogen-bond donors (Lipinski definition) is 1. The number of benzene rings is 1. The Labute approximate surface area is 149 Å². The fourth-order valence-electron chi connectivity index (χ4n) is 2.63. The summed E-state index contributed by atoms with van der Waals surface area (Å²) in [4.78, 5) is 8.83. The van der Waals surface area contributed by atoms with E-state index in [0.717, 1.165) is 33.7 Å². The molecule has 4 aromatic rings. The van der Waals surface area contributed by atoms with Gasteiger partial charge in [0.05, 0.1) is 11.4 Å². The molecule has 0 saturated carbocycles. The van der Waals surface area contributed by atoms with E-state index in [9.17, 15) is 0 Å². The minimum atomic E-state index is 0.632. The molecule has 0 unspecified atom stereocenters. The van der Waals surface area contributed by atoms with Gasteiger partial charge >= 0.3 is 0 Å². The van der Waals surface area contributed by atoms with Crippen molar-refractivity contribution in [3.05, 3.63) is 71.1 Å². The monoisotopic (exact) mass is 350 g/mol. The van der Waals surface area contributed by atoms with Crippen LogP contribution < -0.4 is 5.32 Å². The van der Waals surface area contributed by atoms with Gasteiger partial charge in [0, 0.05) is 29.5 Å². The smallest absolute Gasteiger partial charge is 0.208 e. The molecule has 3 heterocycles. The molecule has 6 heteroatoms. The molecule has 1 aromatic carbocycles. The van der Waals surface area contributed by atoms with Gasteiger partial charge in [0.25, 0.3) is 0 Å². The first-order valence-corrected chi connectivity index (χ1v) is 8.24. The number of nitrogens with zero attached hydrogens (tertiary/aromatic N) is 3. The largest absolute Gasteiger partial charge is 0.378 e. The van der Waals surface area contributed by atoms with E-state index in [0.29, 0.717) is 17.2 Å². The number of fused-ring (bicyclic) bond motifs is 1. The van der Waals surface area contributed by atoms with E-state index in [1.165, 1.54) is 0 Å². The average Bonchev–Trinajstić information content (AvgIpc) is 3.02. The third-order valence-corrected chi connectivity index (χ3v) is 4.19. The summed E-state index contributed by atoms with van der Waals surface area (Å²) in [6, 6.07) is 13.5. The molecule has 0 fully saturated rings.